The van der Waals surface area contributed by atoms with E-state index in [0.717, 1.165) is 29.0 Å². The number of hydrogen-bond acceptors (Lipinski definition) is 3. The van der Waals surface area contributed by atoms with Crippen molar-refractivity contribution >= 4 is 0 Å². The Labute approximate surface area is 113 Å². The number of benzene rings is 2. The van der Waals surface area contributed by atoms with E-state index >= 15 is 0 Å². The number of nitrogens with two attached hydrogens (primary N) is 1. The third kappa shape index (κ3) is 2.56. The maximum absolute atomic E-state index is 6.25. The van der Waals surface area contributed by atoms with Crippen LogP contribution >= 0.6 is 0 Å². The van der Waals surface area contributed by atoms with Crippen molar-refractivity contribution in [2.75, 3.05) is 6.79 Å². The molecule has 0 radical (unpaired) electrons. The quantitative estimate of drug-likeness (QED) is 0.917. The highest BCUT2D eigenvalue weighted by atomic mass is 16.7. The van der Waals surface area contributed by atoms with Gasteiger partial charge in [-0.3, -0.25) is 0 Å². The van der Waals surface area contributed by atoms with Crippen LogP contribution in [0.5, 0.6) is 11.5 Å². The van der Waals surface area contributed by atoms with Crippen molar-refractivity contribution in [3.8, 4) is 11.5 Å². The molecule has 2 N–H and O–H groups in total. The molecule has 0 bridgehead atoms. The zero-order chi connectivity index (χ0) is 13.2. The van der Waals surface area contributed by atoms with Crippen LogP contribution in [0.3, 0.4) is 0 Å². The largest absolute Gasteiger partial charge is 0.454 e. The van der Waals surface area contributed by atoms with Gasteiger partial charge in [0.25, 0.3) is 0 Å². The fraction of sp³-hybridized carbons (Fsp3) is 0.250. The molecular weight excluding hydrogens is 238 g/mol. The van der Waals surface area contributed by atoms with Gasteiger partial charge in [0.2, 0.25) is 6.79 Å². The molecule has 3 nitrogen and oxygen atoms in total. The third-order valence-electron chi connectivity index (χ3n) is 3.40. The highest BCUT2D eigenvalue weighted by molar-refractivity contribution is 5.44. The highest BCUT2D eigenvalue weighted by Gasteiger charge is 2.14. The monoisotopic (exact) mass is 255 g/mol. The molecule has 1 heterocycles. The van der Waals surface area contributed by atoms with Crippen molar-refractivity contribution in [1.82, 2.24) is 0 Å². The van der Waals surface area contributed by atoms with E-state index in [1.54, 1.807) is 0 Å². The summed E-state index contributed by atoms with van der Waals surface area (Å²) < 4.78 is 10.7. The van der Waals surface area contributed by atoms with Crippen LogP contribution in [-0.2, 0) is 6.42 Å². The van der Waals surface area contributed by atoms with Crippen molar-refractivity contribution in [3.05, 3.63) is 59.2 Å². The minimum Gasteiger partial charge on any atom is -0.454 e. The van der Waals surface area contributed by atoms with Crippen LogP contribution in [0, 0.1) is 6.92 Å². The average Bonchev–Trinajstić information content (AvgIpc) is 2.87. The Kier molecular flexibility index (Phi) is 3.13. The first kappa shape index (κ1) is 12.1. The Bertz CT molecular complexity index is 578. The summed E-state index contributed by atoms with van der Waals surface area (Å²) in [7, 11) is 0. The van der Waals surface area contributed by atoms with Gasteiger partial charge in [0, 0.05) is 6.04 Å². The van der Waals surface area contributed by atoms with Gasteiger partial charge in [0.15, 0.2) is 11.5 Å². The molecule has 1 atom stereocenters. The molecule has 1 unspecified atom stereocenters. The zero-order valence-electron chi connectivity index (χ0n) is 10.9. The van der Waals surface area contributed by atoms with Gasteiger partial charge in [0.05, 0.1) is 0 Å². The lowest BCUT2D eigenvalue weighted by atomic mass is 9.99. The molecule has 0 saturated carbocycles. The molecule has 2 aromatic carbocycles. The molecule has 3 heteroatoms. The van der Waals surface area contributed by atoms with Crippen molar-refractivity contribution in [2.45, 2.75) is 19.4 Å². The second-order valence-corrected chi connectivity index (χ2v) is 4.91. The van der Waals surface area contributed by atoms with E-state index in [-0.39, 0.29) is 6.04 Å². The molecule has 1 aliphatic rings. The molecule has 0 spiro atoms. The standard InChI is InChI=1S/C16H17NO2/c1-11-2-5-13(6-3-11)14(17)8-12-4-7-15-16(9-12)19-10-18-15/h2-7,9,14H,8,10,17H2,1H3. The van der Waals surface area contributed by atoms with E-state index < -0.39 is 0 Å². The molecule has 0 aromatic heterocycles. The predicted molar refractivity (Wildman–Crippen MR) is 74.4 cm³/mol. The van der Waals surface area contributed by atoms with Crippen molar-refractivity contribution in [1.29, 1.82) is 0 Å². The zero-order valence-corrected chi connectivity index (χ0v) is 10.9. The van der Waals surface area contributed by atoms with E-state index in [1.807, 2.05) is 18.2 Å². The Hall–Kier alpha value is -2.00. The normalized spacial score (nSPS) is 14.4. The van der Waals surface area contributed by atoms with Crippen LogP contribution in [0.25, 0.3) is 0 Å². The number of hydrogen-bond donors (Lipinski definition) is 1. The van der Waals surface area contributed by atoms with Gasteiger partial charge in [-0.25, -0.2) is 0 Å². The van der Waals surface area contributed by atoms with Crippen LogP contribution in [0.1, 0.15) is 22.7 Å². The molecular formula is C16H17NO2. The third-order valence-corrected chi connectivity index (χ3v) is 3.40. The van der Waals surface area contributed by atoms with Crippen LogP contribution < -0.4 is 15.2 Å². The molecule has 0 fully saturated rings. The lowest BCUT2D eigenvalue weighted by Crippen LogP contribution is -2.13. The van der Waals surface area contributed by atoms with E-state index in [1.165, 1.54) is 5.56 Å². The van der Waals surface area contributed by atoms with Crippen LogP contribution in [0.15, 0.2) is 42.5 Å². The lowest BCUT2D eigenvalue weighted by molar-refractivity contribution is 0.174. The van der Waals surface area contributed by atoms with Gasteiger partial charge >= 0.3 is 0 Å². The van der Waals surface area contributed by atoms with E-state index in [9.17, 15) is 0 Å². The summed E-state index contributed by atoms with van der Waals surface area (Å²) in [6, 6.07) is 14.4. The molecule has 98 valence electrons. The Morgan fingerprint density at radius 2 is 1.79 bits per heavy atom. The first-order chi connectivity index (χ1) is 9.22. The second-order valence-electron chi connectivity index (χ2n) is 4.91. The predicted octanol–water partition coefficient (Wildman–Crippen LogP) is 2.97. The molecule has 0 amide bonds. The van der Waals surface area contributed by atoms with Crippen molar-refractivity contribution in [2.24, 2.45) is 5.73 Å². The van der Waals surface area contributed by atoms with Crippen molar-refractivity contribution < 1.29 is 9.47 Å². The average molecular weight is 255 g/mol. The topological polar surface area (TPSA) is 44.5 Å². The Morgan fingerprint density at radius 1 is 1.05 bits per heavy atom. The van der Waals surface area contributed by atoms with Crippen LogP contribution in [-0.4, -0.2) is 6.79 Å². The van der Waals surface area contributed by atoms with Gasteiger partial charge in [-0.15, -0.1) is 0 Å². The fourth-order valence-electron chi connectivity index (χ4n) is 2.25. The van der Waals surface area contributed by atoms with Gasteiger partial charge in [-0.2, -0.15) is 0 Å². The van der Waals surface area contributed by atoms with Gasteiger partial charge in [-0.05, 0) is 36.6 Å². The first-order valence-corrected chi connectivity index (χ1v) is 6.43. The van der Waals surface area contributed by atoms with E-state index in [4.69, 9.17) is 15.2 Å². The highest BCUT2D eigenvalue weighted by Crippen LogP contribution is 2.33. The molecule has 19 heavy (non-hydrogen) atoms. The maximum Gasteiger partial charge on any atom is 0.231 e. The summed E-state index contributed by atoms with van der Waals surface area (Å²) in [4.78, 5) is 0. The number of ether oxygens (including phenoxy) is 2. The molecule has 2 aromatic rings. The number of rotatable bonds is 3. The Balaban J connectivity index is 1.75. The molecule has 0 aliphatic carbocycles. The summed E-state index contributed by atoms with van der Waals surface area (Å²) in [5.41, 5.74) is 9.82. The molecule has 3 rings (SSSR count). The lowest BCUT2D eigenvalue weighted by Gasteiger charge is -2.12. The van der Waals surface area contributed by atoms with Gasteiger partial charge < -0.3 is 15.2 Å². The fourth-order valence-corrected chi connectivity index (χ4v) is 2.25. The van der Waals surface area contributed by atoms with Gasteiger partial charge in [-0.1, -0.05) is 35.9 Å². The number of fused-ring (bicyclic) bond motifs is 1. The van der Waals surface area contributed by atoms with E-state index in [2.05, 4.69) is 31.2 Å². The summed E-state index contributed by atoms with van der Waals surface area (Å²) in [5, 5.41) is 0. The van der Waals surface area contributed by atoms with Gasteiger partial charge in [0.1, 0.15) is 0 Å². The summed E-state index contributed by atoms with van der Waals surface area (Å²) >= 11 is 0. The molecule has 0 saturated heterocycles. The first-order valence-electron chi connectivity index (χ1n) is 6.43. The SMILES string of the molecule is Cc1ccc(C(N)Cc2ccc3c(c2)OCO3)cc1. The molecule has 1 aliphatic heterocycles. The Morgan fingerprint density at radius 3 is 2.58 bits per heavy atom. The second kappa shape index (κ2) is 4.94. The summed E-state index contributed by atoms with van der Waals surface area (Å²) in [6.45, 7) is 2.38. The number of aryl methyl sites for hydroxylation is 1. The van der Waals surface area contributed by atoms with Crippen molar-refractivity contribution in [3.63, 3.8) is 0 Å². The smallest absolute Gasteiger partial charge is 0.231 e. The summed E-state index contributed by atoms with van der Waals surface area (Å²) in [5.74, 6) is 1.63. The minimum absolute atomic E-state index is 0.000899. The van der Waals surface area contributed by atoms with E-state index in [0.29, 0.717) is 6.79 Å². The van der Waals surface area contributed by atoms with Crippen LogP contribution in [0.4, 0.5) is 0 Å². The maximum atomic E-state index is 6.25. The minimum atomic E-state index is 0.000899. The summed E-state index contributed by atoms with van der Waals surface area (Å²) in [6.07, 6.45) is 0.791. The van der Waals surface area contributed by atoms with Crippen LogP contribution in [0.2, 0.25) is 0 Å².